The van der Waals surface area contributed by atoms with Crippen molar-refractivity contribution in [2.24, 2.45) is 4.99 Å². The number of nitrogens with one attached hydrogen (secondary N) is 2. The van der Waals surface area contributed by atoms with Crippen LogP contribution in [0.5, 0.6) is 0 Å². The van der Waals surface area contributed by atoms with Crippen LogP contribution in [0.2, 0.25) is 0 Å². The average molecular weight is 372 g/mol. The highest BCUT2D eigenvalue weighted by molar-refractivity contribution is 7.08. The van der Waals surface area contributed by atoms with Crippen LogP contribution in [0.25, 0.3) is 5.65 Å². The third-order valence-electron chi connectivity index (χ3n) is 4.23. The second-order valence-electron chi connectivity index (χ2n) is 6.46. The van der Waals surface area contributed by atoms with Gasteiger partial charge in [-0.1, -0.05) is 6.07 Å². The smallest absolute Gasteiger partial charge is 0.191 e. The molecule has 7 heteroatoms. The van der Waals surface area contributed by atoms with E-state index in [9.17, 15) is 5.11 Å². The Morgan fingerprint density at radius 3 is 2.88 bits per heavy atom. The number of rotatable bonds is 6. The lowest BCUT2D eigenvalue weighted by atomic mass is 9.99. The Hall–Kier alpha value is -2.38. The number of aryl methyl sites for hydroxylation is 1. The van der Waals surface area contributed by atoms with Crippen LogP contribution < -0.4 is 10.6 Å². The first kappa shape index (κ1) is 18.4. The maximum atomic E-state index is 10.6. The largest absolute Gasteiger partial charge is 0.384 e. The van der Waals surface area contributed by atoms with E-state index in [1.165, 1.54) is 0 Å². The number of aromatic nitrogens is 2. The first-order chi connectivity index (χ1) is 12.5. The molecule has 0 radical (unpaired) electrons. The molecular weight excluding hydrogens is 346 g/mol. The molecule has 3 aromatic heterocycles. The van der Waals surface area contributed by atoms with Crippen LogP contribution in [0.15, 0.2) is 46.2 Å². The second kappa shape index (κ2) is 7.88. The first-order valence-corrected chi connectivity index (χ1v) is 9.64. The fraction of sp³-hybridized carbons (Fsp3) is 0.368. The highest BCUT2D eigenvalue weighted by atomic mass is 32.1. The quantitative estimate of drug-likeness (QED) is 0.460. The lowest BCUT2D eigenvalue weighted by Crippen LogP contribution is -2.44. The molecule has 138 valence electrons. The predicted molar refractivity (Wildman–Crippen MR) is 107 cm³/mol. The lowest BCUT2D eigenvalue weighted by molar-refractivity contribution is 0.0621. The van der Waals surface area contributed by atoms with E-state index in [0.717, 1.165) is 29.1 Å². The predicted octanol–water partition coefficient (Wildman–Crippen LogP) is 2.67. The summed E-state index contributed by atoms with van der Waals surface area (Å²) in [6.45, 7) is 7.46. The molecule has 1 unspecified atom stereocenters. The molecule has 3 aromatic rings. The van der Waals surface area contributed by atoms with Gasteiger partial charge >= 0.3 is 0 Å². The first-order valence-electron chi connectivity index (χ1n) is 8.70. The normalized spacial score (nSPS) is 14.4. The van der Waals surface area contributed by atoms with E-state index < -0.39 is 5.60 Å². The van der Waals surface area contributed by atoms with E-state index in [1.807, 2.05) is 42.1 Å². The molecule has 1 atom stereocenters. The van der Waals surface area contributed by atoms with Crippen LogP contribution in [0, 0.1) is 6.92 Å². The topological polar surface area (TPSA) is 74.0 Å². The fourth-order valence-electron chi connectivity index (χ4n) is 2.71. The Balaban J connectivity index is 1.69. The molecule has 0 amide bonds. The Bertz CT molecular complexity index is 883. The van der Waals surface area contributed by atoms with Crippen molar-refractivity contribution in [2.75, 3.05) is 13.1 Å². The monoisotopic (exact) mass is 371 g/mol. The van der Waals surface area contributed by atoms with Gasteiger partial charge in [0, 0.05) is 18.4 Å². The summed E-state index contributed by atoms with van der Waals surface area (Å²) in [7, 11) is 0. The average Bonchev–Trinajstić information content (AvgIpc) is 3.28. The summed E-state index contributed by atoms with van der Waals surface area (Å²) in [5.41, 5.74) is 2.93. The number of guanidine groups is 1. The highest BCUT2D eigenvalue weighted by Crippen LogP contribution is 2.21. The zero-order valence-electron chi connectivity index (χ0n) is 15.4. The fourth-order valence-corrected chi connectivity index (χ4v) is 3.49. The number of aliphatic imine (C=N–C) groups is 1. The summed E-state index contributed by atoms with van der Waals surface area (Å²) < 4.78 is 2.06. The number of fused-ring (bicyclic) bond motifs is 1. The van der Waals surface area contributed by atoms with Crippen molar-refractivity contribution in [3.8, 4) is 0 Å². The molecule has 0 saturated heterocycles. The lowest BCUT2D eigenvalue weighted by Gasteiger charge is -2.24. The summed E-state index contributed by atoms with van der Waals surface area (Å²) >= 11 is 1.58. The van der Waals surface area contributed by atoms with Crippen LogP contribution in [0.3, 0.4) is 0 Å². The number of aliphatic hydroxyl groups is 1. The van der Waals surface area contributed by atoms with E-state index in [0.29, 0.717) is 19.0 Å². The van der Waals surface area contributed by atoms with Crippen molar-refractivity contribution >= 4 is 22.9 Å². The number of hydrogen-bond donors (Lipinski definition) is 3. The summed E-state index contributed by atoms with van der Waals surface area (Å²) in [6, 6.07) is 7.99. The van der Waals surface area contributed by atoms with Gasteiger partial charge in [-0.2, -0.15) is 11.3 Å². The van der Waals surface area contributed by atoms with Crippen LogP contribution in [0.4, 0.5) is 0 Å². The van der Waals surface area contributed by atoms with Crippen molar-refractivity contribution in [3.05, 3.63) is 58.2 Å². The van der Waals surface area contributed by atoms with Crippen LogP contribution in [0.1, 0.15) is 30.8 Å². The maximum Gasteiger partial charge on any atom is 0.191 e. The number of pyridine rings is 1. The summed E-state index contributed by atoms with van der Waals surface area (Å²) in [6.07, 6.45) is 2.01. The minimum atomic E-state index is -0.948. The van der Waals surface area contributed by atoms with Gasteiger partial charge in [0.1, 0.15) is 11.2 Å². The molecule has 0 aliphatic rings. The Morgan fingerprint density at radius 2 is 2.19 bits per heavy atom. The summed E-state index contributed by atoms with van der Waals surface area (Å²) in [5.74, 6) is 0.664. The molecule has 3 heterocycles. The zero-order valence-corrected chi connectivity index (χ0v) is 16.2. The third-order valence-corrected chi connectivity index (χ3v) is 4.92. The maximum absolute atomic E-state index is 10.6. The third kappa shape index (κ3) is 4.23. The molecule has 0 aliphatic heterocycles. The van der Waals surface area contributed by atoms with Crippen molar-refractivity contribution < 1.29 is 5.11 Å². The minimum absolute atomic E-state index is 0.375. The van der Waals surface area contributed by atoms with E-state index in [4.69, 9.17) is 0 Å². The van der Waals surface area contributed by atoms with E-state index >= 15 is 0 Å². The Kier molecular flexibility index (Phi) is 5.58. The molecule has 26 heavy (non-hydrogen) atoms. The Labute approximate surface area is 157 Å². The van der Waals surface area contributed by atoms with E-state index in [-0.39, 0.29) is 0 Å². The molecule has 0 bridgehead atoms. The molecule has 0 spiro atoms. The molecule has 0 saturated carbocycles. The van der Waals surface area contributed by atoms with Crippen molar-refractivity contribution in [2.45, 2.75) is 32.9 Å². The van der Waals surface area contributed by atoms with Gasteiger partial charge in [0.05, 0.1) is 18.8 Å². The molecule has 3 rings (SSSR count). The summed E-state index contributed by atoms with van der Waals surface area (Å²) in [5, 5.41) is 21.0. The van der Waals surface area contributed by atoms with Gasteiger partial charge in [0.25, 0.3) is 0 Å². The van der Waals surface area contributed by atoms with E-state index in [2.05, 4.69) is 38.0 Å². The van der Waals surface area contributed by atoms with E-state index in [1.54, 1.807) is 18.3 Å². The van der Waals surface area contributed by atoms with Gasteiger partial charge in [-0.05, 0) is 55.3 Å². The standard InChI is InChI=1S/C19H25N5OS/c1-4-20-18(22-13-19(3,25)15-8-9-26-12-15)21-10-16-11-24-14(2)6-5-7-17(24)23-16/h5-9,11-12,25H,4,10,13H2,1-3H3,(H2,20,21,22). The Morgan fingerprint density at radius 1 is 1.35 bits per heavy atom. The van der Waals surface area contributed by atoms with Crippen molar-refractivity contribution in [1.29, 1.82) is 0 Å². The molecule has 0 fully saturated rings. The molecular formula is C19H25N5OS. The van der Waals surface area contributed by atoms with Crippen LogP contribution in [-0.2, 0) is 12.1 Å². The number of nitrogens with zero attached hydrogens (tertiary/aromatic N) is 3. The van der Waals surface area contributed by atoms with Gasteiger partial charge in [-0.25, -0.2) is 9.98 Å². The number of imidazole rings is 1. The molecule has 0 aliphatic carbocycles. The van der Waals surface area contributed by atoms with Gasteiger partial charge in [-0.15, -0.1) is 0 Å². The number of hydrogen-bond acceptors (Lipinski definition) is 4. The van der Waals surface area contributed by atoms with Crippen molar-refractivity contribution in [3.63, 3.8) is 0 Å². The molecule has 3 N–H and O–H groups in total. The number of thiophene rings is 1. The van der Waals surface area contributed by atoms with Gasteiger partial charge in [-0.3, -0.25) is 0 Å². The zero-order chi connectivity index (χ0) is 18.6. The van der Waals surface area contributed by atoms with Crippen LogP contribution in [-0.4, -0.2) is 33.5 Å². The summed E-state index contributed by atoms with van der Waals surface area (Å²) in [4.78, 5) is 9.21. The minimum Gasteiger partial charge on any atom is -0.384 e. The molecule has 0 aromatic carbocycles. The van der Waals surface area contributed by atoms with Crippen molar-refractivity contribution in [1.82, 2.24) is 20.0 Å². The van der Waals surface area contributed by atoms with Gasteiger partial charge < -0.3 is 20.1 Å². The van der Waals surface area contributed by atoms with Gasteiger partial charge in [0.15, 0.2) is 5.96 Å². The van der Waals surface area contributed by atoms with Crippen LogP contribution >= 0.6 is 11.3 Å². The highest BCUT2D eigenvalue weighted by Gasteiger charge is 2.23. The van der Waals surface area contributed by atoms with Gasteiger partial charge in [0.2, 0.25) is 0 Å². The SMILES string of the molecule is CCNC(=NCc1cn2c(C)cccc2n1)NCC(C)(O)c1ccsc1. The second-order valence-corrected chi connectivity index (χ2v) is 7.24. The molecule has 6 nitrogen and oxygen atoms in total.